The zero-order valence-electron chi connectivity index (χ0n) is 14.7. The Bertz CT molecular complexity index is 851. The van der Waals surface area contributed by atoms with E-state index in [1.807, 2.05) is 6.92 Å². The van der Waals surface area contributed by atoms with Crippen molar-refractivity contribution in [1.29, 1.82) is 5.26 Å². The molecular weight excluding hydrogens is 331 g/mol. The summed E-state index contributed by atoms with van der Waals surface area (Å²) in [5.74, 6) is -0.0516. The Balaban J connectivity index is 1.93. The minimum absolute atomic E-state index is 0.263. The zero-order valence-corrected chi connectivity index (χ0v) is 14.7. The Labute approximate surface area is 152 Å². The highest BCUT2D eigenvalue weighted by atomic mass is 19.1. The number of anilines is 1. The summed E-state index contributed by atoms with van der Waals surface area (Å²) in [6, 6.07) is 13.5. The molecule has 0 atom stereocenters. The Morgan fingerprint density at radius 3 is 2.65 bits per heavy atom. The molecule has 1 fully saturated rings. The Kier molecular flexibility index (Phi) is 5.22. The number of hydrogen-bond donors (Lipinski definition) is 1. The average Bonchev–Trinajstić information content (AvgIpc) is 3.14. The summed E-state index contributed by atoms with van der Waals surface area (Å²) in [6.45, 7) is 2.35. The van der Waals surface area contributed by atoms with E-state index < -0.39 is 5.41 Å². The maximum atomic E-state index is 14.4. The molecule has 134 valence electrons. The molecule has 0 bridgehead atoms. The van der Waals surface area contributed by atoms with Gasteiger partial charge in [0.25, 0.3) is 0 Å². The number of benzene rings is 2. The van der Waals surface area contributed by atoms with Crippen molar-refractivity contribution in [2.75, 3.05) is 11.9 Å². The summed E-state index contributed by atoms with van der Waals surface area (Å²) >= 11 is 0. The molecule has 1 aliphatic rings. The monoisotopic (exact) mass is 352 g/mol. The highest BCUT2D eigenvalue weighted by molar-refractivity contribution is 6.00. The highest BCUT2D eigenvalue weighted by Crippen LogP contribution is 2.43. The fourth-order valence-electron chi connectivity index (χ4n) is 3.67. The first-order valence-corrected chi connectivity index (χ1v) is 8.84. The van der Waals surface area contributed by atoms with Crippen molar-refractivity contribution < 1.29 is 13.9 Å². The number of nitrogens with one attached hydrogen (secondary N) is 1. The number of carbonyl (C=O) groups is 1. The van der Waals surface area contributed by atoms with Gasteiger partial charge in [0.2, 0.25) is 5.91 Å². The normalized spacial score (nSPS) is 15.3. The lowest BCUT2D eigenvalue weighted by Crippen LogP contribution is -2.38. The van der Waals surface area contributed by atoms with Crippen LogP contribution in [-0.2, 0) is 10.2 Å². The molecule has 5 heteroatoms. The maximum Gasteiger partial charge on any atom is 0.235 e. The van der Waals surface area contributed by atoms with E-state index in [1.54, 1.807) is 36.4 Å². The van der Waals surface area contributed by atoms with Gasteiger partial charge in [0, 0.05) is 5.56 Å². The van der Waals surface area contributed by atoms with Crippen LogP contribution < -0.4 is 10.1 Å². The molecule has 0 saturated heterocycles. The smallest absolute Gasteiger partial charge is 0.235 e. The summed E-state index contributed by atoms with van der Waals surface area (Å²) in [5.41, 5.74) is 0.283. The van der Waals surface area contributed by atoms with Crippen molar-refractivity contribution in [3.8, 4) is 11.8 Å². The van der Waals surface area contributed by atoms with Crippen LogP contribution in [0.4, 0.5) is 10.1 Å². The van der Waals surface area contributed by atoms with Crippen LogP contribution in [0.15, 0.2) is 42.5 Å². The molecule has 2 aromatic rings. The SMILES string of the molecule is CCOc1ccc(NC(=O)C2(c3ccccc3F)CCCC2)c(C#N)c1. The predicted octanol–water partition coefficient (Wildman–Crippen LogP) is 4.55. The van der Waals surface area contributed by atoms with Crippen LogP contribution in [0.2, 0.25) is 0 Å². The van der Waals surface area contributed by atoms with Crippen LogP contribution in [-0.4, -0.2) is 12.5 Å². The van der Waals surface area contributed by atoms with Crippen LogP contribution in [0.25, 0.3) is 0 Å². The summed E-state index contributed by atoms with van der Waals surface area (Å²) in [4.78, 5) is 13.1. The van der Waals surface area contributed by atoms with Crippen LogP contribution in [0.5, 0.6) is 5.75 Å². The number of nitrogens with zero attached hydrogens (tertiary/aromatic N) is 1. The van der Waals surface area contributed by atoms with E-state index in [-0.39, 0.29) is 11.7 Å². The number of ether oxygens (including phenoxy) is 1. The van der Waals surface area contributed by atoms with Crippen LogP contribution in [0, 0.1) is 17.1 Å². The fraction of sp³-hybridized carbons (Fsp3) is 0.333. The molecule has 0 aliphatic heterocycles. The number of halogens is 1. The number of hydrogen-bond acceptors (Lipinski definition) is 3. The number of nitriles is 1. The lowest BCUT2D eigenvalue weighted by molar-refractivity contribution is -0.121. The quantitative estimate of drug-likeness (QED) is 0.859. The third kappa shape index (κ3) is 3.28. The minimum Gasteiger partial charge on any atom is -0.494 e. The van der Waals surface area contributed by atoms with Gasteiger partial charge in [-0.1, -0.05) is 31.0 Å². The molecule has 26 heavy (non-hydrogen) atoms. The van der Waals surface area contributed by atoms with Gasteiger partial charge in [0.15, 0.2) is 0 Å². The molecule has 1 amide bonds. The first-order chi connectivity index (χ1) is 12.6. The van der Waals surface area contributed by atoms with E-state index in [0.717, 1.165) is 12.8 Å². The Morgan fingerprint density at radius 2 is 2.00 bits per heavy atom. The Morgan fingerprint density at radius 1 is 1.27 bits per heavy atom. The maximum absolute atomic E-state index is 14.4. The van der Waals surface area contributed by atoms with Crippen molar-refractivity contribution in [3.05, 3.63) is 59.4 Å². The molecule has 1 aliphatic carbocycles. The number of rotatable bonds is 5. The van der Waals surface area contributed by atoms with E-state index in [4.69, 9.17) is 4.74 Å². The van der Waals surface area contributed by atoms with Crippen molar-refractivity contribution in [3.63, 3.8) is 0 Å². The topological polar surface area (TPSA) is 62.1 Å². The van der Waals surface area contributed by atoms with Gasteiger partial charge in [-0.25, -0.2) is 4.39 Å². The van der Waals surface area contributed by atoms with E-state index in [2.05, 4.69) is 11.4 Å². The first-order valence-electron chi connectivity index (χ1n) is 8.84. The molecule has 2 aromatic carbocycles. The van der Waals surface area contributed by atoms with Crippen LogP contribution >= 0.6 is 0 Å². The van der Waals surface area contributed by atoms with E-state index >= 15 is 0 Å². The lowest BCUT2D eigenvalue weighted by atomic mass is 9.77. The first kappa shape index (κ1) is 17.9. The second-order valence-electron chi connectivity index (χ2n) is 6.48. The molecule has 0 heterocycles. The van der Waals surface area contributed by atoms with Crippen molar-refractivity contribution in [2.45, 2.75) is 38.0 Å². The zero-order chi connectivity index (χ0) is 18.6. The summed E-state index contributed by atoms with van der Waals surface area (Å²) in [7, 11) is 0. The minimum atomic E-state index is -0.892. The second kappa shape index (κ2) is 7.57. The molecule has 4 nitrogen and oxygen atoms in total. The average molecular weight is 352 g/mol. The fourth-order valence-corrected chi connectivity index (χ4v) is 3.67. The second-order valence-corrected chi connectivity index (χ2v) is 6.48. The van der Waals surface area contributed by atoms with E-state index in [0.29, 0.717) is 42.0 Å². The van der Waals surface area contributed by atoms with Gasteiger partial charge < -0.3 is 10.1 Å². The molecule has 1 N–H and O–H groups in total. The van der Waals surface area contributed by atoms with Gasteiger partial charge in [0.05, 0.1) is 23.3 Å². The van der Waals surface area contributed by atoms with Gasteiger partial charge in [-0.3, -0.25) is 4.79 Å². The summed E-state index contributed by atoms with van der Waals surface area (Å²) in [5, 5.41) is 12.3. The molecule has 3 rings (SSSR count). The highest BCUT2D eigenvalue weighted by Gasteiger charge is 2.44. The van der Waals surface area contributed by atoms with Gasteiger partial charge in [-0.05, 0) is 44.0 Å². The van der Waals surface area contributed by atoms with Crippen molar-refractivity contribution in [1.82, 2.24) is 0 Å². The standard InChI is InChI=1S/C21H21FN2O2/c1-2-26-16-9-10-19(15(13-16)14-23)24-20(25)21(11-5-6-12-21)17-7-3-4-8-18(17)22/h3-4,7-10,13H,2,5-6,11-12H2,1H3,(H,24,25). The molecule has 0 radical (unpaired) electrons. The van der Waals surface area contributed by atoms with Gasteiger partial charge in [-0.15, -0.1) is 0 Å². The Hall–Kier alpha value is -2.87. The molecular formula is C21H21FN2O2. The summed E-state index contributed by atoms with van der Waals surface area (Å²) < 4.78 is 19.8. The van der Waals surface area contributed by atoms with Crippen molar-refractivity contribution in [2.24, 2.45) is 0 Å². The van der Waals surface area contributed by atoms with Gasteiger partial charge in [0.1, 0.15) is 17.6 Å². The third-order valence-electron chi connectivity index (χ3n) is 4.95. The van der Waals surface area contributed by atoms with Gasteiger partial charge >= 0.3 is 0 Å². The largest absolute Gasteiger partial charge is 0.494 e. The third-order valence-corrected chi connectivity index (χ3v) is 4.95. The molecule has 1 saturated carbocycles. The van der Waals surface area contributed by atoms with Gasteiger partial charge in [-0.2, -0.15) is 5.26 Å². The molecule has 0 spiro atoms. The summed E-state index contributed by atoms with van der Waals surface area (Å²) in [6.07, 6.45) is 2.93. The number of carbonyl (C=O) groups excluding carboxylic acids is 1. The van der Waals surface area contributed by atoms with Crippen molar-refractivity contribution >= 4 is 11.6 Å². The molecule has 0 aromatic heterocycles. The number of amides is 1. The van der Waals surface area contributed by atoms with Crippen LogP contribution in [0.1, 0.15) is 43.7 Å². The predicted molar refractivity (Wildman–Crippen MR) is 97.5 cm³/mol. The van der Waals surface area contributed by atoms with Crippen LogP contribution in [0.3, 0.4) is 0 Å². The lowest BCUT2D eigenvalue weighted by Gasteiger charge is -2.29. The molecule has 0 unspecified atom stereocenters. The van der Waals surface area contributed by atoms with E-state index in [9.17, 15) is 14.4 Å². The van der Waals surface area contributed by atoms with E-state index in [1.165, 1.54) is 6.07 Å².